The number of primary amides is 1. The Morgan fingerprint density at radius 2 is 2.00 bits per heavy atom. The molecule has 0 spiro atoms. The number of likely N-dealkylation sites (N-methyl/N-ethyl adjacent to an activating group) is 1. The minimum absolute atomic E-state index is 0.00630. The molecule has 1 saturated carbocycles. The largest absolute Gasteiger partial charge is 0.508 e. The Morgan fingerprint density at radius 1 is 1.28 bits per heavy atom. The number of nitrogens with two attached hydrogens (primary N) is 2. The number of Topliss-reactive ketones (excluding diaryl/α,β-unsaturated/α-hetero) is 2. The van der Waals surface area contributed by atoms with Crippen molar-refractivity contribution in [3.8, 4) is 11.5 Å². The lowest BCUT2D eigenvalue weighted by atomic mass is 9.58. The lowest BCUT2D eigenvalue weighted by Gasteiger charge is -2.48. The number of phenolic OH excluding ortho intramolecular Hbond substituents is 1. The van der Waals surface area contributed by atoms with E-state index >= 15 is 0 Å². The van der Waals surface area contributed by atoms with Gasteiger partial charge in [-0.25, -0.2) is 0 Å². The first kappa shape index (κ1) is 27.1. The normalized spacial score (nSPS) is 30.8. The number of hydrogen-bond acceptors (Lipinski definition) is 11. The number of carbonyl (C=O) groups excluding carboxylic acids is 3. The molecule has 9 N–H and O–H groups in total. The van der Waals surface area contributed by atoms with Crippen LogP contribution >= 0.6 is 0 Å². The van der Waals surface area contributed by atoms with Gasteiger partial charge < -0.3 is 41.9 Å². The fraction of sp³-hybridized carbons (Fsp3) is 0.519. The maximum Gasteiger partial charge on any atom is 0.255 e. The summed E-state index contributed by atoms with van der Waals surface area (Å²) >= 11 is 0. The van der Waals surface area contributed by atoms with Gasteiger partial charge in [0, 0.05) is 41.7 Å². The standard InChI is InChI=1S/C27H34N4O8/c1-30-5-7-31-6-3-4-15(31)12-10-16(32)18-13(23(12)39-2)8-11-9-14-20(28)22(34)19(26(29)37)25(36)27(14,38)24(35)17(11)21(18)33/h10-11,14-15,20,30,32-33,36,38H,3-9,28H2,1-2H3,(H2,29,37)/t11-,14-,15-,20-,27-/m0/s1. The van der Waals surface area contributed by atoms with Crippen molar-refractivity contribution in [2.24, 2.45) is 23.3 Å². The summed E-state index contributed by atoms with van der Waals surface area (Å²) in [7, 11) is 3.39. The highest BCUT2D eigenvalue weighted by molar-refractivity contribution is 6.24. The molecule has 0 unspecified atom stereocenters. The summed E-state index contributed by atoms with van der Waals surface area (Å²) in [5.74, 6) is -6.83. The van der Waals surface area contributed by atoms with Gasteiger partial charge in [-0.15, -0.1) is 0 Å². The average molecular weight is 543 g/mol. The van der Waals surface area contributed by atoms with Gasteiger partial charge in [-0.05, 0) is 51.3 Å². The highest BCUT2D eigenvalue weighted by Crippen LogP contribution is 2.54. The zero-order valence-electron chi connectivity index (χ0n) is 21.9. The smallest absolute Gasteiger partial charge is 0.255 e. The van der Waals surface area contributed by atoms with E-state index in [1.807, 2.05) is 7.05 Å². The number of methoxy groups -OCH3 is 1. The topological polar surface area (TPSA) is 209 Å². The van der Waals surface area contributed by atoms with Crippen LogP contribution in [-0.2, 0) is 20.8 Å². The van der Waals surface area contributed by atoms with Crippen molar-refractivity contribution in [3.63, 3.8) is 0 Å². The number of ether oxygens (including phenoxy) is 1. The quantitative estimate of drug-likeness (QED) is 0.233. The average Bonchev–Trinajstić information content (AvgIpc) is 3.36. The molecule has 1 aromatic rings. The number of fused-ring (bicyclic) bond motifs is 3. The van der Waals surface area contributed by atoms with Crippen LogP contribution < -0.4 is 21.5 Å². The molecule has 1 aliphatic heterocycles. The molecule has 0 bridgehead atoms. The number of aliphatic hydroxyl groups is 3. The van der Waals surface area contributed by atoms with Crippen molar-refractivity contribution in [2.75, 3.05) is 33.8 Å². The van der Waals surface area contributed by atoms with E-state index in [1.165, 1.54) is 7.11 Å². The second kappa shape index (κ2) is 9.63. The van der Waals surface area contributed by atoms with Gasteiger partial charge >= 0.3 is 0 Å². The van der Waals surface area contributed by atoms with Gasteiger partial charge in [0.2, 0.25) is 5.78 Å². The monoisotopic (exact) mass is 542 g/mol. The fourth-order valence-corrected chi connectivity index (χ4v) is 6.98. The van der Waals surface area contributed by atoms with Gasteiger partial charge in [-0.3, -0.25) is 19.3 Å². The number of aromatic hydroxyl groups is 1. The molecule has 4 aliphatic rings. The number of nitrogens with zero attached hydrogens (tertiary/aromatic N) is 1. The van der Waals surface area contributed by atoms with Gasteiger partial charge in [0.05, 0.1) is 18.7 Å². The van der Waals surface area contributed by atoms with Crippen molar-refractivity contribution in [3.05, 3.63) is 39.7 Å². The molecular formula is C27H34N4O8. The van der Waals surface area contributed by atoms with Crippen LogP contribution in [-0.4, -0.2) is 88.2 Å². The Labute approximate surface area is 224 Å². The summed E-state index contributed by atoms with van der Waals surface area (Å²) in [5, 5.41) is 47.8. The Kier molecular flexibility index (Phi) is 6.70. The summed E-state index contributed by atoms with van der Waals surface area (Å²) in [5.41, 5.74) is 8.74. The lowest BCUT2D eigenvalue weighted by Crippen LogP contribution is -2.65. The molecule has 12 heteroatoms. The molecule has 1 heterocycles. The van der Waals surface area contributed by atoms with Crippen molar-refractivity contribution < 1.29 is 39.5 Å². The number of amides is 1. The van der Waals surface area contributed by atoms with E-state index in [9.17, 15) is 34.8 Å². The van der Waals surface area contributed by atoms with Gasteiger partial charge in [0.25, 0.3) is 5.91 Å². The van der Waals surface area contributed by atoms with Crippen LogP contribution in [0.5, 0.6) is 11.5 Å². The Bertz CT molecular complexity index is 1340. The predicted molar refractivity (Wildman–Crippen MR) is 139 cm³/mol. The number of aliphatic hydroxyl groups excluding tert-OH is 2. The summed E-state index contributed by atoms with van der Waals surface area (Å²) in [6.07, 6.45) is 1.91. The number of rotatable bonds is 6. The third-order valence-electron chi connectivity index (χ3n) is 8.81. The summed E-state index contributed by atoms with van der Waals surface area (Å²) < 4.78 is 5.84. The van der Waals surface area contributed by atoms with Crippen LogP contribution in [0.2, 0.25) is 0 Å². The van der Waals surface area contributed by atoms with E-state index in [0.29, 0.717) is 11.3 Å². The third kappa shape index (κ3) is 3.77. The number of carbonyl (C=O) groups is 3. The van der Waals surface area contributed by atoms with Gasteiger partial charge in [0.15, 0.2) is 11.4 Å². The number of hydrogen-bond donors (Lipinski definition) is 7. The number of benzene rings is 1. The van der Waals surface area contributed by atoms with E-state index in [4.69, 9.17) is 16.2 Å². The first-order valence-corrected chi connectivity index (χ1v) is 13.0. The molecule has 2 fully saturated rings. The van der Waals surface area contributed by atoms with Crippen LogP contribution in [0, 0.1) is 11.8 Å². The second-order valence-electron chi connectivity index (χ2n) is 10.7. The molecule has 12 nitrogen and oxygen atoms in total. The van der Waals surface area contributed by atoms with Crippen molar-refractivity contribution >= 4 is 23.2 Å². The van der Waals surface area contributed by atoms with E-state index in [2.05, 4.69) is 10.2 Å². The molecule has 1 aromatic carbocycles. The summed E-state index contributed by atoms with van der Waals surface area (Å²) in [4.78, 5) is 40.7. The lowest BCUT2D eigenvalue weighted by molar-refractivity contribution is -0.149. The summed E-state index contributed by atoms with van der Waals surface area (Å²) in [6.45, 7) is 2.47. The molecule has 1 saturated heterocycles. The van der Waals surface area contributed by atoms with Crippen molar-refractivity contribution in [1.82, 2.24) is 10.2 Å². The highest BCUT2D eigenvalue weighted by Gasteiger charge is 2.63. The zero-order valence-corrected chi connectivity index (χ0v) is 21.9. The van der Waals surface area contributed by atoms with Gasteiger partial charge in [0.1, 0.15) is 28.6 Å². The number of likely N-dealkylation sites (tertiary alicyclic amines) is 1. The van der Waals surface area contributed by atoms with Crippen molar-refractivity contribution in [2.45, 2.75) is 43.4 Å². The van der Waals surface area contributed by atoms with Crippen LogP contribution in [0.15, 0.2) is 23.0 Å². The molecule has 0 aromatic heterocycles. The fourth-order valence-electron chi connectivity index (χ4n) is 6.98. The van der Waals surface area contributed by atoms with E-state index in [0.717, 1.165) is 38.0 Å². The molecule has 5 rings (SSSR count). The Balaban J connectivity index is 1.65. The van der Waals surface area contributed by atoms with Crippen LogP contribution in [0.1, 0.15) is 42.0 Å². The maximum absolute atomic E-state index is 13.7. The minimum atomic E-state index is -2.73. The first-order valence-electron chi connectivity index (χ1n) is 13.0. The Hall–Kier alpha value is -3.45. The van der Waals surface area contributed by atoms with E-state index in [1.54, 1.807) is 6.07 Å². The third-order valence-corrected chi connectivity index (χ3v) is 8.81. The van der Waals surface area contributed by atoms with Crippen LogP contribution in [0.25, 0.3) is 5.76 Å². The molecule has 210 valence electrons. The molecule has 0 radical (unpaired) electrons. The first-order chi connectivity index (χ1) is 18.5. The predicted octanol–water partition coefficient (Wildman–Crippen LogP) is -0.274. The maximum atomic E-state index is 13.7. The van der Waals surface area contributed by atoms with Crippen LogP contribution in [0.3, 0.4) is 0 Å². The SMILES string of the molecule is CNCCN1CCC[C@H]1c1cc(O)c2c(c1OC)C[C@H]1C[C@H]3[C@H](N)C(=O)C(C(N)=O)=C(O)[C@@]3(O)C(=O)C1=C2O. The minimum Gasteiger partial charge on any atom is -0.508 e. The highest BCUT2D eigenvalue weighted by atomic mass is 16.5. The Morgan fingerprint density at radius 3 is 2.64 bits per heavy atom. The summed E-state index contributed by atoms with van der Waals surface area (Å²) in [6, 6.07) is 0.0387. The van der Waals surface area contributed by atoms with E-state index < -0.39 is 58.0 Å². The molecular weight excluding hydrogens is 508 g/mol. The number of phenols is 1. The molecule has 3 aliphatic carbocycles. The van der Waals surface area contributed by atoms with E-state index in [-0.39, 0.29) is 35.8 Å². The van der Waals surface area contributed by atoms with Crippen molar-refractivity contribution in [1.29, 1.82) is 0 Å². The zero-order chi connectivity index (χ0) is 28.4. The molecule has 1 amide bonds. The van der Waals surface area contributed by atoms with Gasteiger partial charge in [-0.2, -0.15) is 0 Å². The molecule has 39 heavy (non-hydrogen) atoms. The molecule has 5 atom stereocenters. The number of nitrogens with one attached hydrogen (secondary N) is 1. The van der Waals surface area contributed by atoms with Crippen LogP contribution in [0.4, 0.5) is 0 Å². The second-order valence-corrected chi connectivity index (χ2v) is 10.7. The number of ketones is 2. The van der Waals surface area contributed by atoms with Gasteiger partial charge in [-0.1, -0.05) is 0 Å².